The molecule has 0 saturated carbocycles. The van der Waals surface area contributed by atoms with E-state index in [9.17, 15) is 4.79 Å². The molecule has 6 heteroatoms. The van der Waals surface area contributed by atoms with Gasteiger partial charge in [0.25, 0.3) is 0 Å². The van der Waals surface area contributed by atoms with Crippen LogP contribution in [0, 0.1) is 0 Å². The predicted octanol–water partition coefficient (Wildman–Crippen LogP) is 3.05. The maximum atomic E-state index is 12.6. The first kappa shape index (κ1) is 13.5. The molecule has 3 rings (SSSR count). The Labute approximate surface area is 129 Å². The standard InChI is InChI=1S/C15H11BrN4O/c16-10-7-5-9(6-8-10)13-14(19-20-18-13)15(21)11-3-1-2-4-12(11)17/h1-8H,17H2,(H,18,19,20). The number of aromatic amines is 1. The van der Waals surface area contributed by atoms with Crippen molar-refractivity contribution in [2.75, 3.05) is 5.73 Å². The highest BCUT2D eigenvalue weighted by molar-refractivity contribution is 9.10. The minimum absolute atomic E-state index is 0.250. The van der Waals surface area contributed by atoms with Crippen LogP contribution in [0.5, 0.6) is 0 Å². The van der Waals surface area contributed by atoms with E-state index < -0.39 is 0 Å². The molecule has 0 amide bonds. The van der Waals surface area contributed by atoms with Crippen molar-refractivity contribution < 1.29 is 4.79 Å². The number of ketones is 1. The number of aromatic nitrogens is 3. The number of rotatable bonds is 3. The van der Waals surface area contributed by atoms with Gasteiger partial charge in [-0.3, -0.25) is 4.79 Å². The lowest BCUT2D eigenvalue weighted by Crippen LogP contribution is -2.07. The molecule has 0 unspecified atom stereocenters. The van der Waals surface area contributed by atoms with Crippen molar-refractivity contribution >= 4 is 27.4 Å². The summed E-state index contributed by atoms with van der Waals surface area (Å²) in [6.07, 6.45) is 0. The summed E-state index contributed by atoms with van der Waals surface area (Å²) >= 11 is 3.38. The molecule has 0 aliphatic rings. The zero-order valence-corrected chi connectivity index (χ0v) is 12.5. The summed E-state index contributed by atoms with van der Waals surface area (Å²) in [5.74, 6) is -0.250. The van der Waals surface area contributed by atoms with E-state index in [1.54, 1.807) is 24.3 Å². The number of para-hydroxylation sites is 1. The Morgan fingerprint density at radius 1 is 1.05 bits per heavy atom. The number of benzene rings is 2. The topological polar surface area (TPSA) is 84.7 Å². The second kappa shape index (κ2) is 5.49. The van der Waals surface area contributed by atoms with E-state index in [0.717, 1.165) is 10.0 Å². The number of nitrogens with zero attached hydrogens (tertiary/aromatic N) is 2. The monoisotopic (exact) mass is 342 g/mol. The summed E-state index contributed by atoms with van der Waals surface area (Å²) in [5, 5.41) is 10.6. The lowest BCUT2D eigenvalue weighted by molar-refractivity contribution is 0.103. The summed E-state index contributed by atoms with van der Waals surface area (Å²) in [6.45, 7) is 0. The minimum Gasteiger partial charge on any atom is -0.398 e. The third-order valence-corrected chi connectivity index (χ3v) is 3.61. The third-order valence-electron chi connectivity index (χ3n) is 3.09. The quantitative estimate of drug-likeness (QED) is 0.565. The van der Waals surface area contributed by atoms with E-state index in [2.05, 4.69) is 31.3 Å². The van der Waals surface area contributed by atoms with Crippen LogP contribution in [0.3, 0.4) is 0 Å². The van der Waals surface area contributed by atoms with Crippen molar-refractivity contribution in [2.24, 2.45) is 0 Å². The molecule has 0 spiro atoms. The fourth-order valence-corrected chi connectivity index (χ4v) is 2.29. The molecule has 3 N–H and O–H groups in total. The van der Waals surface area contributed by atoms with E-state index in [1.807, 2.05) is 24.3 Å². The Hall–Kier alpha value is -2.47. The number of anilines is 1. The van der Waals surface area contributed by atoms with Gasteiger partial charge in [0.1, 0.15) is 5.69 Å². The van der Waals surface area contributed by atoms with Crippen LogP contribution in [0.2, 0.25) is 0 Å². The van der Waals surface area contributed by atoms with Gasteiger partial charge in [0.2, 0.25) is 5.78 Å². The van der Waals surface area contributed by atoms with Crippen molar-refractivity contribution in [3.63, 3.8) is 0 Å². The Balaban J connectivity index is 2.05. The second-order valence-corrected chi connectivity index (χ2v) is 5.36. The molecule has 5 nitrogen and oxygen atoms in total. The van der Waals surface area contributed by atoms with Crippen molar-refractivity contribution in [1.82, 2.24) is 15.4 Å². The van der Waals surface area contributed by atoms with Crippen molar-refractivity contribution in [3.05, 3.63) is 64.3 Å². The van der Waals surface area contributed by atoms with Crippen LogP contribution in [0.4, 0.5) is 5.69 Å². The van der Waals surface area contributed by atoms with E-state index in [4.69, 9.17) is 5.73 Å². The summed E-state index contributed by atoms with van der Waals surface area (Å²) in [6, 6.07) is 14.4. The number of nitrogens with two attached hydrogens (primary N) is 1. The fourth-order valence-electron chi connectivity index (χ4n) is 2.03. The maximum absolute atomic E-state index is 12.6. The van der Waals surface area contributed by atoms with Crippen LogP contribution in [-0.4, -0.2) is 21.2 Å². The Kier molecular flexibility index (Phi) is 3.53. The molecule has 3 aromatic rings. The molecule has 1 aromatic heterocycles. The normalized spacial score (nSPS) is 10.5. The molecule has 0 bridgehead atoms. The van der Waals surface area contributed by atoms with Gasteiger partial charge in [-0.05, 0) is 24.3 Å². The average Bonchev–Trinajstić information content (AvgIpc) is 2.97. The number of nitrogen functional groups attached to an aromatic ring is 1. The van der Waals surface area contributed by atoms with Crippen LogP contribution >= 0.6 is 15.9 Å². The van der Waals surface area contributed by atoms with E-state index in [0.29, 0.717) is 16.9 Å². The largest absolute Gasteiger partial charge is 0.398 e. The molecule has 21 heavy (non-hydrogen) atoms. The van der Waals surface area contributed by atoms with Crippen LogP contribution in [-0.2, 0) is 0 Å². The number of hydrogen-bond acceptors (Lipinski definition) is 4. The second-order valence-electron chi connectivity index (χ2n) is 4.44. The SMILES string of the molecule is Nc1ccccc1C(=O)c1n[nH]nc1-c1ccc(Br)cc1. The zero-order chi connectivity index (χ0) is 14.8. The number of carbonyl (C=O) groups excluding carboxylic acids is 1. The lowest BCUT2D eigenvalue weighted by atomic mass is 10.0. The Bertz CT molecular complexity index is 795. The van der Waals surface area contributed by atoms with Gasteiger partial charge in [-0.2, -0.15) is 15.4 Å². The summed E-state index contributed by atoms with van der Waals surface area (Å²) in [7, 11) is 0. The van der Waals surface area contributed by atoms with Gasteiger partial charge in [-0.15, -0.1) is 0 Å². The number of halogens is 1. The number of carbonyl (C=O) groups is 1. The summed E-state index contributed by atoms with van der Waals surface area (Å²) in [5.41, 5.74) is 8.27. The first-order valence-electron chi connectivity index (χ1n) is 6.22. The van der Waals surface area contributed by atoms with Gasteiger partial charge in [-0.25, -0.2) is 0 Å². The zero-order valence-electron chi connectivity index (χ0n) is 10.9. The molecule has 104 valence electrons. The van der Waals surface area contributed by atoms with Gasteiger partial charge < -0.3 is 5.73 Å². The summed E-state index contributed by atoms with van der Waals surface area (Å²) < 4.78 is 0.954. The number of H-pyrrole nitrogens is 1. The lowest BCUT2D eigenvalue weighted by Gasteiger charge is -2.04. The van der Waals surface area contributed by atoms with Crippen molar-refractivity contribution in [2.45, 2.75) is 0 Å². The predicted molar refractivity (Wildman–Crippen MR) is 83.8 cm³/mol. The molecule has 2 aromatic carbocycles. The first-order valence-corrected chi connectivity index (χ1v) is 7.02. The highest BCUT2D eigenvalue weighted by Crippen LogP contribution is 2.25. The number of nitrogens with one attached hydrogen (secondary N) is 1. The highest BCUT2D eigenvalue weighted by atomic mass is 79.9. The van der Waals surface area contributed by atoms with Gasteiger partial charge >= 0.3 is 0 Å². The fraction of sp³-hybridized carbons (Fsp3) is 0. The molecule has 0 saturated heterocycles. The molecule has 0 atom stereocenters. The van der Waals surface area contributed by atoms with Crippen LogP contribution in [0.25, 0.3) is 11.3 Å². The number of hydrogen-bond donors (Lipinski definition) is 2. The van der Waals surface area contributed by atoms with Gasteiger partial charge in [0, 0.05) is 21.3 Å². The highest BCUT2D eigenvalue weighted by Gasteiger charge is 2.20. The van der Waals surface area contributed by atoms with E-state index in [1.165, 1.54) is 0 Å². The van der Waals surface area contributed by atoms with E-state index in [-0.39, 0.29) is 11.5 Å². The molecular weight excluding hydrogens is 332 g/mol. The van der Waals surface area contributed by atoms with Crippen LogP contribution in [0.15, 0.2) is 53.0 Å². The smallest absolute Gasteiger partial charge is 0.217 e. The van der Waals surface area contributed by atoms with Crippen molar-refractivity contribution in [3.8, 4) is 11.3 Å². The van der Waals surface area contributed by atoms with Crippen LogP contribution < -0.4 is 5.73 Å². The molecule has 0 fully saturated rings. The molecule has 0 aliphatic heterocycles. The van der Waals surface area contributed by atoms with Gasteiger partial charge in [0.15, 0.2) is 5.69 Å². The summed E-state index contributed by atoms with van der Waals surface area (Å²) in [4.78, 5) is 12.6. The Morgan fingerprint density at radius 3 is 2.48 bits per heavy atom. The molecule has 0 aliphatic carbocycles. The molecule has 0 radical (unpaired) electrons. The third kappa shape index (κ3) is 2.57. The van der Waals surface area contributed by atoms with Crippen molar-refractivity contribution in [1.29, 1.82) is 0 Å². The first-order chi connectivity index (χ1) is 10.2. The van der Waals surface area contributed by atoms with Gasteiger partial charge in [0.05, 0.1) is 0 Å². The van der Waals surface area contributed by atoms with E-state index >= 15 is 0 Å². The Morgan fingerprint density at radius 2 is 1.76 bits per heavy atom. The molecular formula is C15H11BrN4O. The van der Waals surface area contributed by atoms with Gasteiger partial charge in [-0.1, -0.05) is 40.2 Å². The average molecular weight is 343 g/mol. The van der Waals surface area contributed by atoms with Crippen LogP contribution in [0.1, 0.15) is 16.1 Å². The maximum Gasteiger partial charge on any atom is 0.217 e. The molecule has 1 heterocycles. The minimum atomic E-state index is -0.250.